The van der Waals surface area contributed by atoms with Crippen molar-refractivity contribution in [3.8, 4) is 0 Å². The summed E-state index contributed by atoms with van der Waals surface area (Å²) < 4.78 is 28.2. The fraction of sp³-hybridized carbons (Fsp3) is 0.200. The molecule has 0 spiro atoms. The molecule has 4 heteroatoms. The predicted molar refractivity (Wildman–Crippen MR) is 76.1 cm³/mol. The Morgan fingerprint density at radius 3 is 2.37 bits per heavy atom. The Morgan fingerprint density at radius 2 is 1.74 bits per heavy atom. The third kappa shape index (κ3) is 2.85. The molecule has 1 unspecified atom stereocenters. The van der Waals surface area contributed by atoms with E-state index in [2.05, 4.69) is 21.2 Å². The van der Waals surface area contributed by atoms with Gasteiger partial charge in [0.2, 0.25) is 0 Å². The highest BCUT2D eigenvalue weighted by Gasteiger charge is 2.19. The van der Waals surface area contributed by atoms with E-state index < -0.39 is 11.6 Å². The van der Waals surface area contributed by atoms with Crippen LogP contribution in [-0.2, 0) is 0 Å². The number of rotatable bonds is 3. The lowest BCUT2D eigenvalue weighted by Crippen LogP contribution is -2.19. The van der Waals surface area contributed by atoms with E-state index in [4.69, 9.17) is 0 Å². The molecular formula is C15H14BrF2N. The maximum Gasteiger partial charge on any atom is 0.131 e. The standard InChI is InChI=1S/C15H14BrF2N/c1-9-7-11(14(18)8-13(9)17)15(19-2)10-5-3-4-6-12(10)16/h3-8,15,19H,1-2H3. The molecule has 1 N–H and O–H groups in total. The smallest absolute Gasteiger partial charge is 0.131 e. The Hall–Kier alpha value is -1.26. The van der Waals surface area contributed by atoms with Crippen LogP contribution < -0.4 is 5.32 Å². The van der Waals surface area contributed by atoms with Gasteiger partial charge in [-0.3, -0.25) is 0 Å². The molecule has 0 aliphatic heterocycles. The molecule has 1 atom stereocenters. The topological polar surface area (TPSA) is 12.0 Å². The van der Waals surface area contributed by atoms with Gasteiger partial charge in [-0.1, -0.05) is 34.1 Å². The zero-order valence-electron chi connectivity index (χ0n) is 10.7. The number of hydrogen-bond acceptors (Lipinski definition) is 1. The minimum atomic E-state index is -0.543. The summed E-state index contributed by atoms with van der Waals surface area (Å²) in [4.78, 5) is 0. The third-order valence-corrected chi connectivity index (χ3v) is 3.82. The molecule has 100 valence electrons. The predicted octanol–water partition coefficient (Wildman–Crippen LogP) is 4.34. The maximum atomic E-state index is 14.0. The lowest BCUT2D eigenvalue weighted by molar-refractivity contribution is 0.547. The molecule has 0 saturated heterocycles. The number of nitrogens with one attached hydrogen (secondary N) is 1. The van der Waals surface area contributed by atoms with Crippen molar-refractivity contribution in [1.82, 2.24) is 5.32 Å². The van der Waals surface area contributed by atoms with Gasteiger partial charge in [0.15, 0.2) is 0 Å². The molecule has 0 amide bonds. The van der Waals surface area contributed by atoms with Crippen molar-refractivity contribution in [3.05, 3.63) is 69.2 Å². The van der Waals surface area contributed by atoms with Crippen LogP contribution in [0, 0.1) is 18.6 Å². The van der Waals surface area contributed by atoms with Gasteiger partial charge in [0.1, 0.15) is 11.6 Å². The first kappa shape index (κ1) is 14.2. The van der Waals surface area contributed by atoms with Crippen LogP contribution in [0.5, 0.6) is 0 Å². The Bertz CT molecular complexity index is 599. The first-order valence-corrected chi connectivity index (χ1v) is 6.71. The summed E-state index contributed by atoms with van der Waals surface area (Å²) in [5, 5.41) is 3.07. The molecule has 0 radical (unpaired) electrons. The first-order valence-electron chi connectivity index (χ1n) is 5.92. The monoisotopic (exact) mass is 325 g/mol. The number of aryl methyl sites for hydroxylation is 1. The van der Waals surface area contributed by atoms with E-state index in [1.165, 1.54) is 0 Å². The van der Waals surface area contributed by atoms with E-state index in [1.54, 1.807) is 20.0 Å². The van der Waals surface area contributed by atoms with Crippen molar-refractivity contribution in [2.45, 2.75) is 13.0 Å². The van der Waals surface area contributed by atoms with Crippen molar-refractivity contribution in [2.24, 2.45) is 0 Å². The van der Waals surface area contributed by atoms with E-state index in [0.29, 0.717) is 11.1 Å². The van der Waals surface area contributed by atoms with Crippen molar-refractivity contribution in [2.75, 3.05) is 7.05 Å². The van der Waals surface area contributed by atoms with Crippen LogP contribution in [-0.4, -0.2) is 7.05 Å². The average Bonchev–Trinajstić information content (AvgIpc) is 2.38. The minimum Gasteiger partial charge on any atom is -0.309 e. The van der Waals surface area contributed by atoms with E-state index >= 15 is 0 Å². The van der Waals surface area contributed by atoms with Crippen molar-refractivity contribution in [3.63, 3.8) is 0 Å². The van der Waals surface area contributed by atoms with E-state index in [1.807, 2.05) is 24.3 Å². The van der Waals surface area contributed by atoms with E-state index in [9.17, 15) is 8.78 Å². The minimum absolute atomic E-state index is 0.324. The summed E-state index contributed by atoms with van der Waals surface area (Å²) in [5.41, 5.74) is 1.78. The number of hydrogen-bond donors (Lipinski definition) is 1. The Kier molecular flexibility index (Phi) is 4.32. The first-order chi connectivity index (χ1) is 9.04. The summed E-state index contributed by atoms with van der Waals surface area (Å²) in [6, 6.07) is 9.75. The second kappa shape index (κ2) is 5.80. The van der Waals surface area contributed by atoms with Crippen LogP contribution in [0.15, 0.2) is 40.9 Å². The lowest BCUT2D eigenvalue weighted by Gasteiger charge is -2.20. The normalized spacial score (nSPS) is 12.5. The zero-order valence-corrected chi connectivity index (χ0v) is 12.3. The summed E-state index contributed by atoms with van der Waals surface area (Å²) in [6.07, 6.45) is 0. The van der Waals surface area contributed by atoms with Gasteiger partial charge in [-0.2, -0.15) is 0 Å². The van der Waals surface area contributed by atoms with Crippen LogP contribution in [0.3, 0.4) is 0 Å². The summed E-state index contributed by atoms with van der Waals surface area (Å²) in [5.74, 6) is -1.07. The highest BCUT2D eigenvalue weighted by molar-refractivity contribution is 9.10. The molecule has 2 rings (SSSR count). The number of halogens is 3. The van der Waals surface area contributed by atoms with Crippen molar-refractivity contribution >= 4 is 15.9 Å². The largest absolute Gasteiger partial charge is 0.309 e. The van der Waals surface area contributed by atoms with E-state index in [0.717, 1.165) is 16.1 Å². The third-order valence-electron chi connectivity index (χ3n) is 3.09. The summed E-state index contributed by atoms with van der Waals surface area (Å²) in [6.45, 7) is 1.63. The Morgan fingerprint density at radius 1 is 1.05 bits per heavy atom. The quantitative estimate of drug-likeness (QED) is 0.884. The highest BCUT2D eigenvalue weighted by atomic mass is 79.9. The van der Waals surface area contributed by atoms with E-state index in [-0.39, 0.29) is 6.04 Å². The maximum absolute atomic E-state index is 14.0. The van der Waals surface area contributed by atoms with Crippen LogP contribution in [0.1, 0.15) is 22.7 Å². The summed E-state index contributed by atoms with van der Waals surface area (Å²) >= 11 is 3.46. The molecule has 0 aromatic heterocycles. The van der Waals surface area contributed by atoms with Gasteiger partial charge in [0, 0.05) is 16.1 Å². The molecule has 0 fully saturated rings. The van der Waals surface area contributed by atoms with Gasteiger partial charge in [0.25, 0.3) is 0 Å². The molecule has 1 nitrogen and oxygen atoms in total. The SMILES string of the molecule is CNC(c1cc(C)c(F)cc1F)c1ccccc1Br. The van der Waals surface area contributed by atoms with Crippen LogP contribution in [0.4, 0.5) is 8.78 Å². The van der Waals surface area contributed by atoms with Gasteiger partial charge in [-0.05, 0) is 37.2 Å². The molecule has 0 aliphatic rings. The zero-order chi connectivity index (χ0) is 14.0. The molecular weight excluding hydrogens is 312 g/mol. The Labute approximate surface area is 119 Å². The van der Waals surface area contributed by atoms with Crippen molar-refractivity contribution in [1.29, 1.82) is 0 Å². The molecule has 0 bridgehead atoms. The average molecular weight is 326 g/mol. The lowest BCUT2D eigenvalue weighted by atomic mass is 9.97. The van der Waals surface area contributed by atoms with Gasteiger partial charge >= 0.3 is 0 Å². The number of benzene rings is 2. The molecule has 0 saturated carbocycles. The van der Waals surface area contributed by atoms with Gasteiger partial charge in [-0.15, -0.1) is 0 Å². The van der Waals surface area contributed by atoms with Gasteiger partial charge in [0.05, 0.1) is 6.04 Å². The summed E-state index contributed by atoms with van der Waals surface area (Å²) in [7, 11) is 1.75. The molecule has 19 heavy (non-hydrogen) atoms. The van der Waals surface area contributed by atoms with Gasteiger partial charge in [-0.25, -0.2) is 8.78 Å². The van der Waals surface area contributed by atoms with Gasteiger partial charge < -0.3 is 5.32 Å². The second-order valence-corrected chi connectivity index (χ2v) is 5.22. The van der Waals surface area contributed by atoms with Crippen LogP contribution in [0.25, 0.3) is 0 Å². The van der Waals surface area contributed by atoms with Crippen LogP contribution >= 0.6 is 15.9 Å². The fourth-order valence-corrected chi connectivity index (χ4v) is 2.60. The van der Waals surface area contributed by atoms with Crippen LogP contribution in [0.2, 0.25) is 0 Å². The fourth-order valence-electron chi connectivity index (χ4n) is 2.09. The molecule has 2 aromatic carbocycles. The highest BCUT2D eigenvalue weighted by Crippen LogP contribution is 2.30. The molecule has 0 heterocycles. The second-order valence-electron chi connectivity index (χ2n) is 4.37. The molecule has 2 aromatic rings. The Balaban J connectivity index is 2.55. The molecule has 0 aliphatic carbocycles. The van der Waals surface area contributed by atoms with Crippen molar-refractivity contribution < 1.29 is 8.78 Å².